The summed E-state index contributed by atoms with van der Waals surface area (Å²) in [6, 6.07) is 8.86. The van der Waals surface area contributed by atoms with Crippen molar-refractivity contribution >= 4 is 17.6 Å². The average molecular weight is 264 g/mol. The van der Waals surface area contributed by atoms with Crippen molar-refractivity contribution in [2.24, 2.45) is 0 Å². The molecule has 5 heteroatoms. The number of aliphatic carboxylic acids is 1. The van der Waals surface area contributed by atoms with Crippen LogP contribution in [-0.2, 0) is 9.59 Å². The molecule has 1 rings (SSSR count). The summed E-state index contributed by atoms with van der Waals surface area (Å²) in [7, 11) is 0. The Balaban J connectivity index is 2.56. The van der Waals surface area contributed by atoms with Crippen LogP contribution in [0.15, 0.2) is 30.3 Å². The largest absolute Gasteiger partial charge is 0.481 e. The number of hydrogen-bond donors (Lipinski definition) is 2. The Kier molecular flexibility index (Phi) is 6.02. The first-order chi connectivity index (χ1) is 9.04. The molecule has 19 heavy (non-hydrogen) atoms. The number of carbonyl (C=O) groups excluding carboxylic acids is 1. The van der Waals surface area contributed by atoms with E-state index in [-0.39, 0.29) is 18.4 Å². The summed E-state index contributed by atoms with van der Waals surface area (Å²) >= 11 is 0. The van der Waals surface area contributed by atoms with Gasteiger partial charge in [0.05, 0.1) is 12.5 Å². The lowest BCUT2D eigenvalue weighted by Gasteiger charge is -2.26. The van der Waals surface area contributed by atoms with E-state index in [1.54, 1.807) is 6.92 Å². The highest BCUT2D eigenvalue weighted by molar-refractivity contribution is 5.94. The third-order valence-corrected chi connectivity index (χ3v) is 2.99. The van der Waals surface area contributed by atoms with Crippen LogP contribution in [0.4, 0.5) is 5.69 Å². The van der Waals surface area contributed by atoms with Crippen LogP contribution in [0.2, 0.25) is 0 Å². The maximum Gasteiger partial charge on any atom is 0.304 e. The van der Waals surface area contributed by atoms with Crippen molar-refractivity contribution in [1.29, 1.82) is 0 Å². The van der Waals surface area contributed by atoms with Crippen LogP contribution in [0.25, 0.3) is 0 Å². The van der Waals surface area contributed by atoms with E-state index in [1.165, 1.54) is 0 Å². The first kappa shape index (κ1) is 15.2. The lowest BCUT2D eigenvalue weighted by Crippen LogP contribution is -2.42. The van der Waals surface area contributed by atoms with E-state index >= 15 is 0 Å². The van der Waals surface area contributed by atoms with E-state index < -0.39 is 5.97 Å². The number of nitrogens with zero attached hydrogens (tertiary/aromatic N) is 1. The molecule has 0 saturated carbocycles. The molecule has 0 fully saturated rings. The summed E-state index contributed by atoms with van der Waals surface area (Å²) < 4.78 is 0. The summed E-state index contributed by atoms with van der Waals surface area (Å²) in [6.45, 7) is 4.70. The highest BCUT2D eigenvalue weighted by atomic mass is 16.4. The zero-order chi connectivity index (χ0) is 14.3. The number of amides is 1. The number of anilines is 1. The molecule has 1 amide bonds. The zero-order valence-electron chi connectivity index (χ0n) is 11.3. The standard InChI is InChI=1S/C14H20N2O3/c1-3-16(10-9-13(17)18)11(2)14(19)15-12-7-5-4-6-8-12/h4-8,11H,3,9-10H2,1-2H3,(H,15,19)(H,17,18). The number of carbonyl (C=O) groups is 2. The number of nitrogens with one attached hydrogen (secondary N) is 1. The molecule has 1 aromatic carbocycles. The van der Waals surface area contributed by atoms with Gasteiger partial charge in [-0.3, -0.25) is 14.5 Å². The Labute approximate surface area is 113 Å². The van der Waals surface area contributed by atoms with Crippen molar-refractivity contribution in [3.63, 3.8) is 0 Å². The predicted octanol–water partition coefficient (Wildman–Crippen LogP) is 1.81. The normalized spacial score (nSPS) is 12.2. The van der Waals surface area contributed by atoms with Crippen molar-refractivity contribution < 1.29 is 14.7 Å². The molecule has 0 saturated heterocycles. The van der Waals surface area contributed by atoms with Gasteiger partial charge in [-0.1, -0.05) is 25.1 Å². The molecular weight excluding hydrogens is 244 g/mol. The van der Waals surface area contributed by atoms with Crippen LogP contribution in [-0.4, -0.2) is 41.0 Å². The fraction of sp³-hybridized carbons (Fsp3) is 0.429. The van der Waals surface area contributed by atoms with Crippen LogP contribution < -0.4 is 5.32 Å². The smallest absolute Gasteiger partial charge is 0.304 e. The Morgan fingerprint density at radius 2 is 1.95 bits per heavy atom. The first-order valence-corrected chi connectivity index (χ1v) is 6.36. The minimum Gasteiger partial charge on any atom is -0.481 e. The zero-order valence-corrected chi connectivity index (χ0v) is 11.3. The van der Waals surface area contributed by atoms with Gasteiger partial charge >= 0.3 is 5.97 Å². The van der Waals surface area contributed by atoms with Crippen molar-refractivity contribution in [2.45, 2.75) is 26.3 Å². The molecule has 0 radical (unpaired) electrons. The average Bonchev–Trinajstić information content (AvgIpc) is 2.40. The van der Waals surface area contributed by atoms with E-state index in [0.29, 0.717) is 13.1 Å². The van der Waals surface area contributed by atoms with Crippen LogP contribution >= 0.6 is 0 Å². The van der Waals surface area contributed by atoms with Gasteiger partial charge < -0.3 is 10.4 Å². The highest BCUT2D eigenvalue weighted by Gasteiger charge is 2.20. The van der Waals surface area contributed by atoms with Crippen LogP contribution in [0.1, 0.15) is 20.3 Å². The molecule has 5 nitrogen and oxygen atoms in total. The van der Waals surface area contributed by atoms with Crippen LogP contribution in [0.3, 0.4) is 0 Å². The lowest BCUT2D eigenvalue weighted by atomic mass is 10.2. The second-order valence-electron chi connectivity index (χ2n) is 4.30. The van der Waals surface area contributed by atoms with Crippen LogP contribution in [0.5, 0.6) is 0 Å². The molecule has 1 atom stereocenters. The minimum absolute atomic E-state index is 0.0385. The van der Waals surface area contributed by atoms with Crippen LogP contribution in [0, 0.1) is 0 Å². The van der Waals surface area contributed by atoms with Gasteiger partial charge in [0, 0.05) is 12.2 Å². The third-order valence-electron chi connectivity index (χ3n) is 2.99. The Hall–Kier alpha value is -1.88. The van der Waals surface area contributed by atoms with Gasteiger partial charge in [-0.15, -0.1) is 0 Å². The van der Waals surface area contributed by atoms with E-state index in [0.717, 1.165) is 5.69 Å². The van der Waals surface area contributed by atoms with Crippen molar-refractivity contribution in [1.82, 2.24) is 4.90 Å². The molecule has 0 aliphatic rings. The fourth-order valence-corrected chi connectivity index (χ4v) is 1.80. The quantitative estimate of drug-likeness (QED) is 0.788. The van der Waals surface area contributed by atoms with Crippen molar-refractivity contribution in [3.05, 3.63) is 30.3 Å². The summed E-state index contributed by atoms with van der Waals surface area (Å²) in [4.78, 5) is 24.5. The number of carboxylic acid groups (broad SMARTS) is 1. The topological polar surface area (TPSA) is 69.6 Å². The molecule has 0 spiro atoms. The summed E-state index contributed by atoms with van der Waals surface area (Å²) in [5.41, 5.74) is 0.744. The SMILES string of the molecule is CCN(CCC(=O)O)C(C)C(=O)Nc1ccccc1. The second kappa shape index (κ2) is 7.53. The molecule has 0 aromatic heterocycles. The third kappa shape index (κ3) is 5.09. The minimum atomic E-state index is -0.853. The Morgan fingerprint density at radius 1 is 1.32 bits per heavy atom. The molecule has 104 valence electrons. The Morgan fingerprint density at radius 3 is 2.47 bits per heavy atom. The van der Waals surface area contributed by atoms with Gasteiger partial charge in [-0.2, -0.15) is 0 Å². The van der Waals surface area contributed by atoms with Crippen molar-refractivity contribution in [2.75, 3.05) is 18.4 Å². The highest BCUT2D eigenvalue weighted by Crippen LogP contribution is 2.08. The van der Waals surface area contributed by atoms with Gasteiger partial charge in [-0.25, -0.2) is 0 Å². The maximum absolute atomic E-state index is 12.1. The number of rotatable bonds is 7. The Bertz CT molecular complexity index is 420. The van der Waals surface area contributed by atoms with Gasteiger partial charge in [0.2, 0.25) is 5.91 Å². The molecule has 2 N–H and O–H groups in total. The maximum atomic E-state index is 12.1. The molecule has 0 aliphatic carbocycles. The molecule has 1 aromatic rings. The number of para-hydroxylation sites is 1. The van der Waals surface area contributed by atoms with E-state index in [2.05, 4.69) is 5.32 Å². The fourth-order valence-electron chi connectivity index (χ4n) is 1.80. The molecular formula is C14H20N2O3. The number of likely N-dealkylation sites (N-methyl/N-ethyl adjacent to an activating group) is 1. The number of carboxylic acids is 1. The van der Waals surface area contributed by atoms with E-state index in [9.17, 15) is 9.59 Å². The number of hydrogen-bond acceptors (Lipinski definition) is 3. The molecule has 0 aliphatic heterocycles. The summed E-state index contributed by atoms with van der Waals surface area (Å²) in [6.07, 6.45) is 0.0385. The van der Waals surface area contributed by atoms with Crippen molar-refractivity contribution in [3.8, 4) is 0 Å². The van der Waals surface area contributed by atoms with E-state index in [1.807, 2.05) is 42.2 Å². The monoisotopic (exact) mass is 264 g/mol. The molecule has 0 bridgehead atoms. The molecule has 0 heterocycles. The van der Waals surface area contributed by atoms with Gasteiger partial charge in [0.1, 0.15) is 0 Å². The van der Waals surface area contributed by atoms with Gasteiger partial charge in [0.25, 0.3) is 0 Å². The first-order valence-electron chi connectivity index (χ1n) is 6.36. The number of benzene rings is 1. The second-order valence-corrected chi connectivity index (χ2v) is 4.30. The van der Waals surface area contributed by atoms with Gasteiger partial charge in [-0.05, 0) is 25.6 Å². The molecule has 1 unspecified atom stereocenters. The summed E-state index contributed by atoms with van der Waals surface area (Å²) in [5.74, 6) is -0.979. The predicted molar refractivity (Wildman–Crippen MR) is 74.0 cm³/mol. The summed E-state index contributed by atoms with van der Waals surface area (Å²) in [5, 5.41) is 11.5. The lowest BCUT2D eigenvalue weighted by molar-refractivity contribution is -0.138. The van der Waals surface area contributed by atoms with E-state index in [4.69, 9.17) is 5.11 Å². The van der Waals surface area contributed by atoms with Gasteiger partial charge in [0.15, 0.2) is 0 Å².